The fourth-order valence-electron chi connectivity index (χ4n) is 1.66. The Morgan fingerprint density at radius 1 is 1.17 bits per heavy atom. The number of hydrogen-bond acceptors (Lipinski definition) is 2. The van der Waals surface area contributed by atoms with Gasteiger partial charge in [-0.15, -0.1) is 0 Å². The predicted octanol–water partition coefficient (Wildman–Crippen LogP) is 1.91. The van der Waals surface area contributed by atoms with E-state index in [0.29, 0.717) is 12.6 Å². The average molecular weight is 173 g/mol. The molecule has 2 nitrogen and oxygen atoms in total. The Kier molecular flexibility index (Phi) is 7.51. The third-order valence-electron chi connectivity index (χ3n) is 2.43. The highest BCUT2D eigenvalue weighted by Crippen LogP contribution is 2.25. The first-order valence-electron chi connectivity index (χ1n) is 5.19. The molecule has 0 unspecified atom stereocenters. The van der Waals surface area contributed by atoms with Crippen molar-refractivity contribution in [1.82, 2.24) is 0 Å². The average Bonchev–Trinajstić information content (AvgIpc) is 2.13. The maximum absolute atomic E-state index is 8.65. The lowest BCUT2D eigenvalue weighted by Gasteiger charge is -2.25. The van der Waals surface area contributed by atoms with Gasteiger partial charge in [-0.2, -0.15) is 0 Å². The maximum atomic E-state index is 8.65. The zero-order valence-electron chi connectivity index (χ0n) is 8.42. The summed E-state index contributed by atoms with van der Waals surface area (Å²) in [5.74, 6) is 0.754. The van der Waals surface area contributed by atoms with Gasteiger partial charge < -0.3 is 10.8 Å². The molecule has 2 heteroatoms. The quantitative estimate of drug-likeness (QED) is 0.670. The minimum atomic E-state index is 0.347. The normalized spacial score (nSPS) is 29.0. The lowest BCUT2D eigenvalue weighted by Crippen LogP contribution is -2.26. The summed E-state index contributed by atoms with van der Waals surface area (Å²) >= 11 is 0. The van der Waals surface area contributed by atoms with Crippen molar-refractivity contribution < 1.29 is 5.11 Å². The second-order valence-electron chi connectivity index (χ2n) is 3.29. The summed E-state index contributed by atoms with van der Waals surface area (Å²) in [7, 11) is 0. The Bertz CT molecular complexity index is 87.8. The van der Waals surface area contributed by atoms with Gasteiger partial charge in [0, 0.05) is 12.6 Å². The first kappa shape index (κ1) is 11.9. The largest absolute Gasteiger partial charge is 0.396 e. The Morgan fingerprint density at radius 2 is 1.67 bits per heavy atom. The molecule has 0 radical (unpaired) electrons. The Hall–Kier alpha value is -0.0800. The van der Waals surface area contributed by atoms with Gasteiger partial charge >= 0.3 is 0 Å². The first-order chi connectivity index (χ1) is 5.83. The summed E-state index contributed by atoms with van der Waals surface area (Å²) in [6.45, 7) is 4.35. The zero-order chi connectivity index (χ0) is 9.40. The number of hydrogen-bond donors (Lipinski definition) is 2. The van der Waals surface area contributed by atoms with E-state index < -0.39 is 0 Å². The third kappa shape index (κ3) is 4.73. The highest BCUT2D eigenvalue weighted by molar-refractivity contribution is 4.73. The molecular weight excluding hydrogens is 150 g/mol. The molecule has 0 bridgehead atoms. The Morgan fingerprint density at radius 3 is 2.08 bits per heavy atom. The van der Waals surface area contributed by atoms with E-state index in [1.165, 1.54) is 12.8 Å². The summed E-state index contributed by atoms with van der Waals surface area (Å²) in [4.78, 5) is 0. The van der Waals surface area contributed by atoms with Gasteiger partial charge in [0.15, 0.2) is 0 Å². The van der Waals surface area contributed by atoms with Gasteiger partial charge in [-0.1, -0.05) is 13.8 Å². The van der Waals surface area contributed by atoms with Crippen LogP contribution in [0.5, 0.6) is 0 Å². The molecule has 0 aromatic heterocycles. The van der Waals surface area contributed by atoms with Crippen molar-refractivity contribution in [2.75, 3.05) is 6.61 Å². The van der Waals surface area contributed by atoms with Gasteiger partial charge in [-0.3, -0.25) is 0 Å². The van der Waals surface area contributed by atoms with Crippen LogP contribution in [0.1, 0.15) is 46.0 Å². The highest BCUT2D eigenvalue weighted by atomic mass is 16.3. The van der Waals surface area contributed by atoms with Crippen molar-refractivity contribution in [3.05, 3.63) is 0 Å². The lowest BCUT2D eigenvalue weighted by atomic mass is 9.85. The molecule has 0 spiro atoms. The van der Waals surface area contributed by atoms with Crippen molar-refractivity contribution in [2.24, 2.45) is 11.7 Å². The fraction of sp³-hybridized carbons (Fsp3) is 1.00. The molecular formula is C10H23NO. The molecule has 0 heterocycles. The van der Waals surface area contributed by atoms with Gasteiger partial charge in [-0.25, -0.2) is 0 Å². The van der Waals surface area contributed by atoms with Gasteiger partial charge in [0.1, 0.15) is 0 Å². The predicted molar refractivity (Wildman–Crippen MR) is 53.0 cm³/mol. The van der Waals surface area contributed by atoms with Crippen LogP contribution in [0.4, 0.5) is 0 Å². The minimum Gasteiger partial charge on any atom is -0.396 e. The van der Waals surface area contributed by atoms with Crippen LogP contribution >= 0.6 is 0 Å². The molecule has 0 aliphatic heterocycles. The van der Waals surface area contributed by atoms with E-state index in [0.717, 1.165) is 25.2 Å². The summed E-state index contributed by atoms with van der Waals surface area (Å²) < 4.78 is 0. The molecule has 0 saturated heterocycles. The van der Waals surface area contributed by atoms with Gasteiger partial charge in [0.05, 0.1) is 0 Å². The summed E-state index contributed by atoms with van der Waals surface area (Å²) in [5, 5.41) is 8.65. The van der Waals surface area contributed by atoms with Crippen LogP contribution in [0.3, 0.4) is 0 Å². The summed E-state index contributed by atoms with van der Waals surface area (Å²) in [5.41, 5.74) is 5.73. The van der Waals surface area contributed by atoms with Crippen molar-refractivity contribution in [3.63, 3.8) is 0 Å². The SMILES string of the molecule is CC.NC1CCC(CCO)CC1. The van der Waals surface area contributed by atoms with E-state index in [4.69, 9.17) is 10.8 Å². The molecule has 74 valence electrons. The van der Waals surface area contributed by atoms with Crippen molar-refractivity contribution in [2.45, 2.75) is 52.0 Å². The fourth-order valence-corrected chi connectivity index (χ4v) is 1.66. The van der Waals surface area contributed by atoms with Crippen molar-refractivity contribution >= 4 is 0 Å². The van der Waals surface area contributed by atoms with Crippen molar-refractivity contribution in [1.29, 1.82) is 0 Å². The van der Waals surface area contributed by atoms with Crippen LogP contribution in [-0.4, -0.2) is 17.8 Å². The molecule has 1 saturated carbocycles. The van der Waals surface area contributed by atoms with Gasteiger partial charge in [-0.05, 0) is 38.0 Å². The van der Waals surface area contributed by atoms with E-state index in [-0.39, 0.29) is 0 Å². The Balaban J connectivity index is 0.000000561. The maximum Gasteiger partial charge on any atom is 0.0433 e. The van der Waals surface area contributed by atoms with Crippen LogP contribution in [0.15, 0.2) is 0 Å². The molecule has 0 atom stereocenters. The number of aliphatic hydroxyl groups excluding tert-OH is 1. The molecule has 1 aliphatic carbocycles. The summed E-state index contributed by atoms with van der Waals surface area (Å²) in [6, 6.07) is 0.440. The standard InChI is InChI=1S/C8H17NO.C2H6/c9-8-3-1-7(2-4-8)5-6-10;1-2/h7-8,10H,1-6,9H2;1-2H3. The number of nitrogens with two attached hydrogens (primary N) is 1. The smallest absolute Gasteiger partial charge is 0.0433 e. The van der Waals surface area contributed by atoms with Crippen LogP contribution in [0.25, 0.3) is 0 Å². The van der Waals surface area contributed by atoms with Gasteiger partial charge in [0.2, 0.25) is 0 Å². The molecule has 3 N–H and O–H groups in total. The molecule has 1 fully saturated rings. The molecule has 0 amide bonds. The van der Waals surface area contributed by atoms with E-state index in [2.05, 4.69) is 0 Å². The molecule has 1 rings (SSSR count). The van der Waals surface area contributed by atoms with Crippen LogP contribution in [-0.2, 0) is 0 Å². The zero-order valence-corrected chi connectivity index (χ0v) is 8.42. The molecule has 0 aromatic rings. The van der Waals surface area contributed by atoms with Gasteiger partial charge in [0.25, 0.3) is 0 Å². The van der Waals surface area contributed by atoms with Crippen LogP contribution in [0.2, 0.25) is 0 Å². The van der Waals surface area contributed by atoms with Crippen LogP contribution in [0, 0.1) is 5.92 Å². The molecule has 12 heavy (non-hydrogen) atoms. The van der Waals surface area contributed by atoms with E-state index in [1.54, 1.807) is 0 Å². The topological polar surface area (TPSA) is 46.2 Å². The van der Waals surface area contributed by atoms with E-state index >= 15 is 0 Å². The second-order valence-corrected chi connectivity index (χ2v) is 3.29. The van der Waals surface area contributed by atoms with E-state index in [9.17, 15) is 0 Å². The van der Waals surface area contributed by atoms with E-state index in [1.807, 2.05) is 13.8 Å². The molecule has 1 aliphatic rings. The monoisotopic (exact) mass is 173 g/mol. The lowest BCUT2D eigenvalue weighted by molar-refractivity contribution is 0.223. The second kappa shape index (κ2) is 7.56. The van der Waals surface area contributed by atoms with Crippen molar-refractivity contribution in [3.8, 4) is 0 Å². The summed E-state index contributed by atoms with van der Waals surface area (Å²) in [6.07, 6.45) is 5.74. The first-order valence-corrected chi connectivity index (χ1v) is 5.19. The minimum absolute atomic E-state index is 0.347. The number of aliphatic hydroxyl groups is 1. The number of rotatable bonds is 2. The highest BCUT2D eigenvalue weighted by Gasteiger charge is 2.17. The Labute approximate surface area is 76.2 Å². The third-order valence-corrected chi connectivity index (χ3v) is 2.43. The molecule has 0 aromatic carbocycles. The van der Waals surface area contributed by atoms with Crippen LogP contribution < -0.4 is 5.73 Å².